The van der Waals surface area contributed by atoms with E-state index in [4.69, 9.17) is 5.11 Å². The van der Waals surface area contributed by atoms with Crippen molar-refractivity contribution in [2.24, 2.45) is 0 Å². The number of nitrogens with one attached hydrogen (secondary N) is 1. The van der Waals surface area contributed by atoms with E-state index in [0.717, 1.165) is 11.8 Å². The first-order valence-electron chi connectivity index (χ1n) is 5.19. The topological polar surface area (TPSA) is 66.4 Å². The number of carboxylic acid groups (broad SMARTS) is 1. The van der Waals surface area contributed by atoms with Gasteiger partial charge in [-0.2, -0.15) is 0 Å². The van der Waals surface area contributed by atoms with Crippen LogP contribution in [0.15, 0.2) is 24.3 Å². The molecule has 0 spiro atoms. The average molecular weight is 258 g/mol. The smallest absolute Gasteiger partial charge is 0.303 e. The molecule has 1 rings (SSSR count). The summed E-state index contributed by atoms with van der Waals surface area (Å²) in [5.74, 6) is -0.782. The Balaban J connectivity index is 0.00000256. The third kappa shape index (κ3) is 6.04. The van der Waals surface area contributed by atoms with Gasteiger partial charge < -0.3 is 10.4 Å². The molecule has 0 aliphatic rings. The third-order valence-electron chi connectivity index (χ3n) is 2.24. The Labute approximate surface area is 106 Å². The second-order valence-corrected chi connectivity index (χ2v) is 3.49. The van der Waals surface area contributed by atoms with E-state index in [1.54, 1.807) is 6.07 Å². The van der Waals surface area contributed by atoms with Crippen LogP contribution < -0.4 is 5.32 Å². The van der Waals surface area contributed by atoms with Gasteiger partial charge in [0.2, 0.25) is 0 Å². The highest BCUT2D eigenvalue weighted by Crippen LogP contribution is 2.05. The van der Waals surface area contributed by atoms with Gasteiger partial charge in [0.1, 0.15) is 6.29 Å². The number of carbonyl (C=O) groups is 2. The summed E-state index contributed by atoms with van der Waals surface area (Å²) in [5, 5.41) is 11.5. The fourth-order valence-electron chi connectivity index (χ4n) is 1.40. The minimum atomic E-state index is -0.782. The Morgan fingerprint density at radius 1 is 1.35 bits per heavy atom. The van der Waals surface area contributed by atoms with E-state index in [0.29, 0.717) is 25.1 Å². The molecular weight excluding hydrogens is 242 g/mol. The van der Waals surface area contributed by atoms with Crippen molar-refractivity contribution in [1.29, 1.82) is 0 Å². The van der Waals surface area contributed by atoms with E-state index in [2.05, 4.69) is 5.32 Å². The SMILES string of the molecule is Cl.O=Cc1ccccc1CNCCCC(=O)O. The van der Waals surface area contributed by atoms with Gasteiger partial charge in [-0.15, -0.1) is 12.4 Å². The zero-order valence-corrected chi connectivity index (χ0v) is 10.2. The number of carboxylic acids is 1. The van der Waals surface area contributed by atoms with Crippen LogP contribution in [-0.2, 0) is 11.3 Å². The summed E-state index contributed by atoms with van der Waals surface area (Å²) in [6.07, 6.45) is 1.59. The van der Waals surface area contributed by atoms with Gasteiger partial charge >= 0.3 is 5.97 Å². The highest BCUT2D eigenvalue weighted by Gasteiger charge is 2.00. The third-order valence-corrected chi connectivity index (χ3v) is 2.24. The summed E-state index contributed by atoms with van der Waals surface area (Å²) in [7, 11) is 0. The Morgan fingerprint density at radius 2 is 2.06 bits per heavy atom. The molecule has 94 valence electrons. The van der Waals surface area contributed by atoms with E-state index in [1.165, 1.54) is 0 Å². The normalized spacial score (nSPS) is 9.41. The summed E-state index contributed by atoms with van der Waals surface area (Å²) < 4.78 is 0. The van der Waals surface area contributed by atoms with E-state index in [1.807, 2.05) is 18.2 Å². The lowest BCUT2D eigenvalue weighted by atomic mass is 10.1. The molecular formula is C12H16ClNO3. The van der Waals surface area contributed by atoms with Crippen LogP contribution in [0.25, 0.3) is 0 Å². The Kier molecular flexibility index (Phi) is 8.01. The molecule has 0 radical (unpaired) electrons. The molecule has 0 unspecified atom stereocenters. The van der Waals surface area contributed by atoms with Gasteiger partial charge in [0.05, 0.1) is 0 Å². The van der Waals surface area contributed by atoms with E-state index in [9.17, 15) is 9.59 Å². The summed E-state index contributed by atoms with van der Waals surface area (Å²) in [6.45, 7) is 1.23. The Bertz CT molecular complexity index is 369. The van der Waals surface area contributed by atoms with Crippen LogP contribution >= 0.6 is 12.4 Å². The molecule has 5 heteroatoms. The van der Waals surface area contributed by atoms with Crippen molar-refractivity contribution >= 4 is 24.7 Å². The number of rotatable bonds is 7. The number of benzene rings is 1. The van der Waals surface area contributed by atoms with E-state index in [-0.39, 0.29) is 18.8 Å². The zero-order valence-electron chi connectivity index (χ0n) is 9.39. The largest absolute Gasteiger partial charge is 0.481 e. The Morgan fingerprint density at radius 3 is 2.71 bits per heavy atom. The van der Waals surface area contributed by atoms with Crippen LogP contribution in [0.5, 0.6) is 0 Å². The quantitative estimate of drug-likeness (QED) is 0.578. The van der Waals surface area contributed by atoms with Crippen molar-refractivity contribution < 1.29 is 14.7 Å². The highest BCUT2D eigenvalue weighted by atomic mass is 35.5. The molecule has 0 fully saturated rings. The fourth-order valence-corrected chi connectivity index (χ4v) is 1.40. The molecule has 0 aliphatic heterocycles. The molecule has 0 amide bonds. The van der Waals surface area contributed by atoms with Crippen molar-refractivity contribution in [3.63, 3.8) is 0 Å². The molecule has 17 heavy (non-hydrogen) atoms. The molecule has 0 heterocycles. The summed E-state index contributed by atoms with van der Waals surface area (Å²) in [4.78, 5) is 21.0. The van der Waals surface area contributed by atoms with Gasteiger partial charge in [-0.25, -0.2) is 0 Å². The number of halogens is 1. The Hall–Kier alpha value is -1.39. The lowest BCUT2D eigenvalue weighted by molar-refractivity contribution is -0.137. The number of hydrogen-bond acceptors (Lipinski definition) is 3. The minimum absolute atomic E-state index is 0. The first-order valence-corrected chi connectivity index (χ1v) is 5.19. The summed E-state index contributed by atoms with van der Waals surface area (Å²) in [5.41, 5.74) is 1.61. The lowest BCUT2D eigenvalue weighted by Gasteiger charge is -2.05. The first kappa shape index (κ1) is 15.6. The summed E-state index contributed by atoms with van der Waals surface area (Å²) in [6, 6.07) is 7.34. The molecule has 0 atom stereocenters. The molecule has 0 aliphatic carbocycles. The number of hydrogen-bond donors (Lipinski definition) is 2. The van der Waals surface area contributed by atoms with Crippen molar-refractivity contribution in [3.8, 4) is 0 Å². The molecule has 1 aromatic rings. The second kappa shape index (κ2) is 8.73. The average Bonchev–Trinajstić information content (AvgIpc) is 2.29. The second-order valence-electron chi connectivity index (χ2n) is 3.49. The van der Waals surface area contributed by atoms with Gasteiger partial charge in [-0.3, -0.25) is 9.59 Å². The van der Waals surface area contributed by atoms with Gasteiger partial charge in [0.25, 0.3) is 0 Å². The van der Waals surface area contributed by atoms with Crippen LogP contribution in [0.4, 0.5) is 0 Å². The maximum absolute atomic E-state index is 10.7. The van der Waals surface area contributed by atoms with Crippen LogP contribution in [0, 0.1) is 0 Å². The zero-order chi connectivity index (χ0) is 11.8. The van der Waals surface area contributed by atoms with Crippen LogP contribution in [0.2, 0.25) is 0 Å². The molecule has 1 aromatic carbocycles. The maximum Gasteiger partial charge on any atom is 0.303 e. The van der Waals surface area contributed by atoms with Gasteiger partial charge in [-0.05, 0) is 18.5 Å². The highest BCUT2D eigenvalue weighted by molar-refractivity contribution is 5.85. The standard InChI is InChI=1S/C12H15NO3.ClH/c14-9-11-5-2-1-4-10(11)8-13-7-3-6-12(15)16;/h1-2,4-5,9,13H,3,6-8H2,(H,15,16);1H. The molecule has 4 nitrogen and oxygen atoms in total. The molecule has 0 bridgehead atoms. The van der Waals surface area contributed by atoms with E-state index >= 15 is 0 Å². The predicted molar refractivity (Wildman–Crippen MR) is 67.7 cm³/mol. The lowest BCUT2D eigenvalue weighted by Crippen LogP contribution is -2.16. The molecule has 0 saturated carbocycles. The van der Waals surface area contributed by atoms with Crippen LogP contribution in [-0.4, -0.2) is 23.9 Å². The monoisotopic (exact) mass is 257 g/mol. The van der Waals surface area contributed by atoms with Gasteiger partial charge in [-0.1, -0.05) is 24.3 Å². The number of aliphatic carboxylic acids is 1. The van der Waals surface area contributed by atoms with E-state index < -0.39 is 5.97 Å². The molecule has 2 N–H and O–H groups in total. The van der Waals surface area contributed by atoms with Crippen molar-refractivity contribution in [3.05, 3.63) is 35.4 Å². The van der Waals surface area contributed by atoms with Crippen molar-refractivity contribution in [1.82, 2.24) is 5.32 Å². The predicted octanol–water partition coefficient (Wildman–Crippen LogP) is 1.88. The van der Waals surface area contributed by atoms with Crippen LogP contribution in [0.3, 0.4) is 0 Å². The maximum atomic E-state index is 10.7. The summed E-state index contributed by atoms with van der Waals surface area (Å²) >= 11 is 0. The van der Waals surface area contributed by atoms with Crippen molar-refractivity contribution in [2.45, 2.75) is 19.4 Å². The van der Waals surface area contributed by atoms with Gasteiger partial charge in [0, 0.05) is 18.5 Å². The number of carbonyl (C=O) groups excluding carboxylic acids is 1. The number of aldehydes is 1. The fraction of sp³-hybridized carbons (Fsp3) is 0.333. The first-order chi connectivity index (χ1) is 7.74. The minimum Gasteiger partial charge on any atom is -0.481 e. The molecule has 0 saturated heterocycles. The van der Waals surface area contributed by atoms with Crippen LogP contribution in [0.1, 0.15) is 28.8 Å². The van der Waals surface area contributed by atoms with Crippen molar-refractivity contribution in [2.75, 3.05) is 6.54 Å². The molecule has 0 aromatic heterocycles. The van der Waals surface area contributed by atoms with Gasteiger partial charge in [0.15, 0.2) is 0 Å².